The van der Waals surface area contributed by atoms with Crippen molar-refractivity contribution in [1.82, 2.24) is 5.32 Å². The molecular weight excluding hydrogens is 372 g/mol. The van der Waals surface area contributed by atoms with Gasteiger partial charge in [0.15, 0.2) is 18.2 Å². The highest BCUT2D eigenvalue weighted by atomic mass is 16.5. The Morgan fingerprint density at radius 1 is 1.00 bits per heavy atom. The number of hydrogen-bond acceptors (Lipinski definition) is 5. The van der Waals surface area contributed by atoms with Gasteiger partial charge in [0.05, 0.1) is 6.26 Å². The zero-order valence-electron chi connectivity index (χ0n) is 15.8. The summed E-state index contributed by atoms with van der Waals surface area (Å²) in [4.78, 5) is 35.3. The lowest BCUT2D eigenvalue weighted by Gasteiger charge is -2.09. The molecule has 3 rings (SSSR count). The van der Waals surface area contributed by atoms with E-state index in [1.807, 2.05) is 0 Å². The molecule has 0 fully saturated rings. The Hall–Kier alpha value is -3.87. The number of hydrogen-bond donors (Lipinski definition) is 2. The third kappa shape index (κ3) is 5.80. The van der Waals surface area contributed by atoms with Crippen LogP contribution in [0.15, 0.2) is 71.3 Å². The second kappa shape index (κ2) is 9.36. The Kier molecular flexibility index (Phi) is 6.42. The summed E-state index contributed by atoms with van der Waals surface area (Å²) in [6.07, 6.45) is 1.43. The molecule has 3 aromatic rings. The molecular formula is C22H20N2O5. The minimum Gasteiger partial charge on any atom is -0.484 e. The van der Waals surface area contributed by atoms with Gasteiger partial charge in [-0.2, -0.15) is 0 Å². The number of rotatable bonds is 8. The molecule has 1 aromatic heterocycles. The topological polar surface area (TPSA) is 97.6 Å². The van der Waals surface area contributed by atoms with Crippen LogP contribution in [0.2, 0.25) is 0 Å². The molecule has 29 heavy (non-hydrogen) atoms. The Morgan fingerprint density at radius 3 is 2.48 bits per heavy atom. The van der Waals surface area contributed by atoms with E-state index in [2.05, 4.69) is 10.6 Å². The molecule has 0 saturated heterocycles. The molecule has 0 saturated carbocycles. The predicted molar refractivity (Wildman–Crippen MR) is 107 cm³/mol. The number of nitrogens with one attached hydrogen (secondary N) is 2. The van der Waals surface area contributed by atoms with E-state index in [9.17, 15) is 14.4 Å². The second-order valence-corrected chi connectivity index (χ2v) is 6.28. The average Bonchev–Trinajstić information content (AvgIpc) is 3.27. The molecule has 2 N–H and O–H groups in total. The van der Waals surface area contributed by atoms with Crippen LogP contribution in [0, 0.1) is 0 Å². The fraction of sp³-hybridized carbons (Fsp3) is 0.136. The fourth-order valence-corrected chi connectivity index (χ4v) is 2.51. The number of Topliss-reactive ketones (excluding diaryl/α,β-unsaturated/α-hetero) is 1. The first-order valence-corrected chi connectivity index (χ1v) is 8.95. The molecule has 7 heteroatoms. The Labute approximate surface area is 167 Å². The average molecular weight is 392 g/mol. The third-order valence-electron chi connectivity index (χ3n) is 4.06. The van der Waals surface area contributed by atoms with Crippen molar-refractivity contribution in [3.05, 3.63) is 83.8 Å². The van der Waals surface area contributed by atoms with Gasteiger partial charge < -0.3 is 19.8 Å². The molecule has 7 nitrogen and oxygen atoms in total. The minimum atomic E-state index is -0.331. The van der Waals surface area contributed by atoms with Crippen molar-refractivity contribution in [1.29, 1.82) is 0 Å². The van der Waals surface area contributed by atoms with Crippen LogP contribution in [0.3, 0.4) is 0 Å². The number of furan rings is 1. The predicted octanol–water partition coefficient (Wildman–Crippen LogP) is 3.43. The van der Waals surface area contributed by atoms with E-state index in [1.54, 1.807) is 60.7 Å². The van der Waals surface area contributed by atoms with E-state index in [0.29, 0.717) is 23.5 Å². The molecule has 2 aromatic carbocycles. The van der Waals surface area contributed by atoms with Crippen molar-refractivity contribution in [3.8, 4) is 5.75 Å². The summed E-state index contributed by atoms with van der Waals surface area (Å²) in [7, 11) is 0. The van der Waals surface area contributed by atoms with Crippen molar-refractivity contribution in [3.63, 3.8) is 0 Å². The van der Waals surface area contributed by atoms with Gasteiger partial charge in [0, 0.05) is 17.8 Å². The number of anilines is 1. The third-order valence-corrected chi connectivity index (χ3v) is 4.06. The lowest BCUT2D eigenvalue weighted by atomic mass is 10.1. The zero-order chi connectivity index (χ0) is 20.6. The lowest BCUT2D eigenvalue weighted by molar-refractivity contribution is -0.123. The van der Waals surface area contributed by atoms with E-state index in [4.69, 9.17) is 9.15 Å². The van der Waals surface area contributed by atoms with Gasteiger partial charge in [-0.05, 0) is 48.9 Å². The highest BCUT2D eigenvalue weighted by Crippen LogP contribution is 2.14. The summed E-state index contributed by atoms with van der Waals surface area (Å²) in [5.74, 6) is 0.0128. The highest BCUT2D eigenvalue weighted by molar-refractivity contribution is 6.02. The molecule has 1 heterocycles. The molecule has 0 aliphatic carbocycles. The van der Waals surface area contributed by atoms with E-state index < -0.39 is 0 Å². The molecule has 2 amide bonds. The first-order chi connectivity index (χ1) is 14.0. The Bertz CT molecular complexity index is 994. The van der Waals surface area contributed by atoms with Gasteiger partial charge in [-0.3, -0.25) is 14.4 Å². The van der Waals surface area contributed by atoms with Crippen LogP contribution in [0.5, 0.6) is 5.75 Å². The van der Waals surface area contributed by atoms with Crippen LogP contribution in [0.4, 0.5) is 5.69 Å². The van der Waals surface area contributed by atoms with Crippen molar-refractivity contribution >= 4 is 23.3 Å². The van der Waals surface area contributed by atoms with Crippen LogP contribution in [-0.4, -0.2) is 24.2 Å². The van der Waals surface area contributed by atoms with Gasteiger partial charge in [0.1, 0.15) is 5.75 Å². The summed E-state index contributed by atoms with van der Waals surface area (Å²) >= 11 is 0. The molecule has 0 spiro atoms. The van der Waals surface area contributed by atoms with Crippen LogP contribution >= 0.6 is 0 Å². The van der Waals surface area contributed by atoms with E-state index in [1.165, 1.54) is 13.2 Å². The van der Waals surface area contributed by atoms with Crippen molar-refractivity contribution in [2.75, 3.05) is 11.9 Å². The summed E-state index contributed by atoms with van der Waals surface area (Å²) in [5, 5.41) is 5.48. The standard InChI is InChI=1S/C22H20N2O5/c1-15(25)17-4-2-5-19(12-17)29-14-21(26)23-13-16-7-9-18(10-8-16)24-22(27)20-6-3-11-28-20/h2-12H,13-14H2,1H3,(H,23,26)(H,24,27). The quantitative estimate of drug-likeness (QED) is 0.573. The summed E-state index contributed by atoms with van der Waals surface area (Å²) in [6.45, 7) is 1.64. The van der Waals surface area contributed by atoms with Crippen molar-refractivity contribution < 1.29 is 23.5 Å². The van der Waals surface area contributed by atoms with E-state index in [0.717, 1.165) is 5.56 Å². The van der Waals surface area contributed by atoms with Crippen molar-refractivity contribution in [2.24, 2.45) is 0 Å². The number of carbonyl (C=O) groups excluding carboxylic acids is 3. The molecule has 0 unspecified atom stereocenters. The molecule has 0 radical (unpaired) electrons. The van der Waals surface area contributed by atoms with Gasteiger partial charge in [-0.1, -0.05) is 24.3 Å². The fourth-order valence-electron chi connectivity index (χ4n) is 2.51. The maximum atomic E-state index is 12.0. The SMILES string of the molecule is CC(=O)c1cccc(OCC(=O)NCc2ccc(NC(=O)c3ccco3)cc2)c1. The van der Waals surface area contributed by atoms with Gasteiger partial charge >= 0.3 is 0 Å². The maximum Gasteiger partial charge on any atom is 0.291 e. The highest BCUT2D eigenvalue weighted by Gasteiger charge is 2.09. The second-order valence-electron chi connectivity index (χ2n) is 6.28. The van der Waals surface area contributed by atoms with Crippen LogP contribution in [0.1, 0.15) is 33.4 Å². The number of carbonyl (C=O) groups is 3. The molecule has 0 atom stereocenters. The minimum absolute atomic E-state index is 0.0660. The smallest absolute Gasteiger partial charge is 0.291 e. The Balaban J connectivity index is 1.44. The number of ether oxygens (including phenoxy) is 1. The molecule has 0 bridgehead atoms. The lowest BCUT2D eigenvalue weighted by Crippen LogP contribution is -2.28. The van der Waals surface area contributed by atoms with Crippen LogP contribution in [0.25, 0.3) is 0 Å². The molecule has 0 aliphatic rings. The first-order valence-electron chi connectivity index (χ1n) is 8.95. The molecule has 0 aliphatic heterocycles. The van der Waals surface area contributed by atoms with Gasteiger partial charge in [0.2, 0.25) is 0 Å². The normalized spacial score (nSPS) is 10.2. The maximum absolute atomic E-state index is 12.0. The summed E-state index contributed by atoms with van der Waals surface area (Å²) in [6, 6.07) is 17.0. The largest absolute Gasteiger partial charge is 0.484 e. The zero-order valence-corrected chi connectivity index (χ0v) is 15.8. The Morgan fingerprint density at radius 2 is 1.79 bits per heavy atom. The van der Waals surface area contributed by atoms with E-state index >= 15 is 0 Å². The van der Waals surface area contributed by atoms with E-state index in [-0.39, 0.29) is 30.0 Å². The monoisotopic (exact) mass is 392 g/mol. The summed E-state index contributed by atoms with van der Waals surface area (Å²) in [5.41, 5.74) is 2.02. The van der Waals surface area contributed by atoms with Crippen LogP contribution in [-0.2, 0) is 11.3 Å². The number of ketones is 1. The van der Waals surface area contributed by atoms with Crippen molar-refractivity contribution in [2.45, 2.75) is 13.5 Å². The number of amides is 2. The number of benzene rings is 2. The van der Waals surface area contributed by atoms with Gasteiger partial charge in [-0.25, -0.2) is 0 Å². The van der Waals surface area contributed by atoms with Gasteiger partial charge in [0.25, 0.3) is 11.8 Å². The van der Waals surface area contributed by atoms with Gasteiger partial charge in [-0.15, -0.1) is 0 Å². The summed E-state index contributed by atoms with van der Waals surface area (Å²) < 4.78 is 10.5. The first kappa shape index (κ1) is 19.9. The molecule has 148 valence electrons. The van der Waals surface area contributed by atoms with Crippen LogP contribution < -0.4 is 15.4 Å².